The third-order valence-electron chi connectivity index (χ3n) is 2.43. The smallest absolute Gasteiger partial charge is 0.491 e. The van der Waals surface area contributed by atoms with E-state index in [1.165, 1.54) is 19.2 Å². The molecule has 0 saturated carbocycles. The first-order valence-electron chi connectivity index (χ1n) is 5.46. The first-order valence-corrected chi connectivity index (χ1v) is 5.84. The Morgan fingerprint density at radius 2 is 2.21 bits per heavy atom. The Bertz CT molecular complexity index is 626. The molecule has 0 aliphatic carbocycles. The average molecular weight is 288 g/mol. The van der Waals surface area contributed by atoms with Crippen LogP contribution < -0.4 is 9.47 Å². The van der Waals surface area contributed by atoms with Gasteiger partial charge in [-0.15, -0.1) is 0 Å². The van der Waals surface area contributed by atoms with Gasteiger partial charge in [-0.2, -0.15) is 0 Å². The molecule has 0 unspecified atom stereocenters. The number of aromatic amines is 1. The molecule has 0 saturated heterocycles. The van der Waals surface area contributed by atoms with Crippen LogP contribution in [0.5, 0.6) is 11.6 Å². The molecule has 5 nitrogen and oxygen atoms in total. The van der Waals surface area contributed by atoms with Gasteiger partial charge in [0.1, 0.15) is 5.82 Å². The summed E-state index contributed by atoms with van der Waals surface area (Å²) in [5, 5.41) is 0.202. The van der Waals surface area contributed by atoms with Crippen molar-refractivity contribution in [1.29, 1.82) is 0 Å². The lowest BCUT2D eigenvalue weighted by Crippen LogP contribution is -2.10. The van der Waals surface area contributed by atoms with E-state index in [-0.39, 0.29) is 23.3 Å². The van der Waals surface area contributed by atoms with Crippen molar-refractivity contribution >= 4 is 28.7 Å². The molecule has 0 radical (unpaired) electrons. The maximum absolute atomic E-state index is 13.4. The normalized spacial score (nSPS) is 10.5. The van der Waals surface area contributed by atoms with Crippen molar-refractivity contribution in [2.75, 3.05) is 13.7 Å². The molecule has 0 bridgehead atoms. The van der Waals surface area contributed by atoms with Crippen LogP contribution in [-0.4, -0.2) is 24.9 Å². The number of halogens is 2. The van der Waals surface area contributed by atoms with Crippen LogP contribution in [0.3, 0.4) is 0 Å². The van der Waals surface area contributed by atoms with Crippen molar-refractivity contribution in [2.24, 2.45) is 0 Å². The van der Waals surface area contributed by atoms with Crippen molar-refractivity contribution in [1.82, 2.24) is 4.98 Å². The number of H-pyrrole nitrogens is 1. The Hall–Kier alpha value is -1.95. The van der Waals surface area contributed by atoms with Crippen molar-refractivity contribution < 1.29 is 23.4 Å². The fourth-order valence-corrected chi connectivity index (χ4v) is 1.92. The molecule has 1 aromatic heterocycles. The fourth-order valence-electron chi connectivity index (χ4n) is 1.67. The molecule has 19 heavy (non-hydrogen) atoms. The van der Waals surface area contributed by atoms with Crippen LogP contribution in [0.4, 0.5) is 9.18 Å². The lowest BCUT2D eigenvalue weighted by Gasteiger charge is -2.04. The van der Waals surface area contributed by atoms with Gasteiger partial charge in [-0.05, 0) is 19.1 Å². The predicted octanol–water partition coefficient (Wildman–Crippen LogP) is 3.50. The number of ether oxygens (including phenoxy) is 3. The first kappa shape index (κ1) is 13.5. The molecule has 102 valence electrons. The zero-order valence-electron chi connectivity index (χ0n) is 10.3. The Labute approximate surface area is 113 Å². The average Bonchev–Trinajstić information content (AvgIpc) is 2.72. The summed E-state index contributed by atoms with van der Waals surface area (Å²) in [5.74, 6) is -0.426. The van der Waals surface area contributed by atoms with Gasteiger partial charge in [0, 0.05) is 0 Å². The number of carbonyl (C=O) groups is 1. The predicted molar refractivity (Wildman–Crippen MR) is 67.5 cm³/mol. The van der Waals surface area contributed by atoms with E-state index in [2.05, 4.69) is 9.72 Å². The topological polar surface area (TPSA) is 60.5 Å². The largest absolute Gasteiger partial charge is 0.515 e. The summed E-state index contributed by atoms with van der Waals surface area (Å²) in [6, 6.07) is 2.67. The summed E-state index contributed by atoms with van der Waals surface area (Å²) < 4.78 is 28.1. The van der Waals surface area contributed by atoms with Gasteiger partial charge >= 0.3 is 6.16 Å². The fraction of sp³-hybridized carbons (Fsp3) is 0.250. The van der Waals surface area contributed by atoms with Crippen LogP contribution in [0.2, 0.25) is 5.02 Å². The summed E-state index contributed by atoms with van der Waals surface area (Å²) >= 11 is 5.87. The van der Waals surface area contributed by atoms with Crippen LogP contribution in [-0.2, 0) is 4.74 Å². The zero-order valence-corrected chi connectivity index (χ0v) is 11.0. The number of aromatic nitrogens is 1. The van der Waals surface area contributed by atoms with E-state index in [0.29, 0.717) is 10.9 Å². The van der Waals surface area contributed by atoms with E-state index in [9.17, 15) is 9.18 Å². The third-order valence-corrected chi connectivity index (χ3v) is 2.80. The van der Waals surface area contributed by atoms with Crippen LogP contribution in [0.25, 0.3) is 10.9 Å². The first-order chi connectivity index (χ1) is 9.08. The van der Waals surface area contributed by atoms with Gasteiger partial charge in [0.2, 0.25) is 5.88 Å². The summed E-state index contributed by atoms with van der Waals surface area (Å²) in [7, 11) is 1.36. The van der Waals surface area contributed by atoms with Crippen molar-refractivity contribution in [2.45, 2.75) is 6.92 Å². The minimum absolute atomic E-state index is 0.0171. The Balaban J connectivity index is 2.51. The Morgan fingerprint density at radius 1 is 1.47 bits per heavy atom. The number of benzene rings is 1. The van der Waals surface area contributed by atoms with Gasteiger partial charge in [0.25, 0.3) is 0 Å². The van der Waals surface area contributed by atoms with Gasteiger partial charge in [0.15, 0.2) is 5.75 Å². The molecular weight excluding hydrogens is 277 g/mol. The van der Waals surface area contributed by atoms with Crippen molar-refractivity contribution in [3.63, 3.8) is 0 Å². The molecule has 0 fully saturated rings. The van der Waals surface area contributed by atoms with Crippen molar-refractivity contribution in [3.05, 3.63) is 23.0 Å². The minimum atomic E-state index is -0.885. The summed E-state index contributed by atoms with van der Waals surface area (Å²) in [4.78, 5) is 14.1. The maximum atomic E-state index is 13.4. The lowest BCUT2D eigenvalue weighted by atomic mass is 10.2. The second-order valence-electron chi connectivity index (χ2n) is 3.56. The molecule has 2 rings (SSSR count). The van der Waals surface area contributed by atoms with Gasteiger partial charge in [-0.1, -0.05) is 11.6 Å². The molecular formula is C12H11ClFNO4. The van der Waals surface area contributed by atoms with Gasteiger partial charge < -0.3 is 19.2 Å². The van der Waals surface area contributed by atoms with E-state index < -0.39 is 12.0 Å². The van der Waals surface area contributed by atoms with Crippen LogP contribution in [0, 0.1) is 5.82 Å². The van der Waals surface area contributed by atoms with Gasteiger partial charge in [0.05, 0.1) is 29.6 Å². The molecule has 0 aliphatic heterocycles. The van der Waals surface area contributed by atoms with Gasteiger partial charge in [-0.25, -0.2) is 9.18 Å². The SMILES string of the molecule is CCOC(=O)Oc1[nH]c2ccc(F)c(Cl)c2c1OC. The molecule has 0 spiro atoms. The summed E-state index contributed by atoms with van der Waals surface area (Å²) in [5.41, 5.74) is 0.488. The van der Waals surface area contributed by atoms with E-state index in [0.717, 1.165) is 0 Å². The minimum Gasteiger partial charge on any atom is -0.491 e. The molecule has 1 aromatic carbocycles. The molecule has 1 heterocycles. The quantitative estimate of drug-likeness (QED) is 0.878. The van der Waals surface area contributed by atoms with Gasteiger partial charge in [-0.3, -0.25) is 0 Å². The third kappa shape index (κ3) is 2.44. The number of fused-ring (bicyclic) bond motifs is 1. The van der Waals surface area contributed by atoms with Crippen molar-refractivity contribution in [3.8, 4) is 11.6 Å². The molecule has 7 heteroatoms. The highest BCUT2D eigenvalue weighted by Gasteiger charge is 2.21. The van der Waals surface area contributed by atoms with E-state index in [1.54, 1.807) is 6.92 Å². The number of nitrogens with one attached hydrogen (secondary N) is 1. The molecule has 1 N–H and O–H groups in total. The molecule has 0 amide bonds. The highest BCUT2D eigenvalue weighted by Crippen LogP contribution is 2.40. The summed E-state index contributed by atoms with van der Waals surface area (Å²) in [6.07, 6.45) is -0.885. The molecule has 0 aliphatic rings. The number of hydrogen-bond donors (Lipinski definition) is 1. The van der Waals surface area contributed by atoms with Crippen LogP contribution in [0.1, 0.15) is 6.92 Å². The Morgan fingerprint density at radius 3 is 2.84 bits per heavy atom. The number of rotatable bonds is 3. The second kappa shape index (κ2) is 5.36. The zero-order chi connectivity index (χ0) is 14.0. The lowest BCUT2D eigenvalue weighted by molar-refractivity contribution is 0.102. The van der Waals surface area contributed by atoms with E-state index >= 15 is 0 Å². The number of carbonyl (C=O) groups excluding carboxylic acids is 1. The summed E-state index contributed by atoms with van der Waals surface area (Å²) in [6.45, 7) is 1.83. The number of hydrogen-bond acceptors (Lipinski definition) is 4. The second-order valence-corrected chi connectivity index (χ2v) is 3.93. The Kier molecular flexibility index (Phi) is 3.80. The van der Waals surface area contributed by atoms with Crippen LogP contribution >= 0.6 is 11.6 Å². The highest BCUT2D eigenvalue weighted by molar-refractivity contribution is 6.36. The maximum Gasteiger partial charge on any atom is 0.515 e. The number of methoxy groups -OCH3 is 1. The molecule has 2 aromatic rings. The van der Waals surface area contributed by atoms with Crippen LogP contribution in [0.15, 0.2) is 12.1 Å². The highest BCUT2D eigenvalue weighted by atomic mass is 35.5. The van der Waals surface area contributed by atoms with E-state index in [4.69, 9.17) is 21.1 Å². The standard InChI is InChI=1S/C12H11ClFNO4/c1-3-18-12(16)19-11-10(17-2)8-7(15-11)5-4-6(14)9(8)13/h4-5,15H,3H2,1-2H3. The molecule has 0 atom stereocenters. The van der Waals surface area contributed by atoms with E-state index in [1.807, 2.05) is 0 Å². The monoisotopic (exact) mass is 287 g/mol.